The average molecular weight is 203 g/mol. The van der Waals surface area contributed by atoms with Crippen LogP contribution in [0.2, 0.25) is 0 Å². The summed E-state index contributed by atoms with van der Waals surface area (Å²) in [5.41, 5.74) is 1.08. The van der Waals surface area contributed by atoms with Crippen LogP contribution in [0.15, 0.2) is 42.5 Å². The Labute approximate surface area is 88.6 Å². The highest BCUT2D eigenvalue weighted by Gasteiger charge is 2.18. The van der Waals surface area contributed by atoms with Gasteiger partial charge in [-0.3, -0.25) is 4.79 Å². The molecule has 3 nitrogen and oxygen atoms in total. The molecule has 78 valence electrons. The first kappa shape index (κ1) is 9.93. The summed E-state index contributed by atoms with van der Waals surface area (Å²) in [4.78, 5) is 13.1. The molecule has 0 aliphatic carbocycles. The van der Waals surface area contributed by atoms with E-state index < -0.39 is 6.10 Å². The molecule has 1 amide bonds. The quantitative estimate of drug-likeness (QED) is 0.777. The smallest absolute Gasteiger partial charge is 0.246 e. The van der Waals surface area contributed by atoms with Crippen LogP contribution in [-0.2, 0) is 11.3 Å². The molecule has 1 aromatic carbocycles. The molecule has 0 saturated carbocycles. The van der Waals surface area contributed by atoms with Crippen molar-refractivity contribution >= 4 is 5.91 Å². The zero-order valence-electron chi connectivity index (χ0n) is 8.34. The van der Waals surface area contributed by atoms with Crippen LogP contribution in [0, 0.1) is 0 Å². The van der Waals surface area contributed by atoms with Gasteiger partial charge in [0.25, 0.3) is 0 Å². The van der Waals surface area contributed by atoms with Crippen LogP contribution < -0.4 is 0 Å². The van der Waals surface area contributed by atoms with E-state index in [1.54, 1.807) is 4.90 Å². The van der Waals surface area contributed by atoms with Gasteiger partial charge < -0.3 is 10.0 Å². The third-order valence-corrected chi connectivity index (χ3v) is 2.40. The van der Waals surface area contributed by atoms with E-state index in [4.69, 9.17) is 0 Å². The van der Waals surface area contributed by atoms with E-state index in [9.17, 15) is 9.90 Å². The number of β-amino-alcohol motifs (C(OH)–C–C–N with tert-alkyl or cyclic N) is 1. The van der Waals surface area contributed by atoms with Crippen molar-refractivity contribution in [2.75, 3.05) is 6.54 Å². The Kier molecular flexibility index (Phi) is 2.83. The molecule has 1 atom stereocenters. The highest BCUT2D eigenvalue weighted by molar-refractivity contribution is 5.88. The van der Waals surface area contributed by atoms with Crippen molar-refractivity contribution in [2.45, 2.75) is 12.6 Å². The van der Waals surface area contributed by atoms with Gasteiger partial charge in [0.15, 0.2) is 0 Å². The Hall–Kier alpha value is -1.61. The summed E-state index contributed by atoms with van der Waals surface area (Å²) in [6.45, 7) is 0.936. The number of hydrogen-bond donors (Lipinski definition) is 1. The summed E-state index contributed by atoms with van der Waals surface area (Å²) in [6.07, 6.45) is 2.42. The Morgan fingerprint density at radius 1 is 1.33 bits per heavy atom. The lowest BCUT2D eigenvalue weighted by Crippen LogP contribution is -2.38. The minimum Gasteiger partial charge on any atom is -0.387 e. The van der Waals surface area contributed by atoms with Crippen molar-refractivity contribution in [3.05, 3.63) is 48.0 Å². The van der Waals surface area contributed by atoms with Gasteiger partial charge in [-0.05, 0) is 11.6 Å². The van der Waals surface area contributed by atoms with Crippen molar-refractivity contribution in [3.63, 3.8) is 0 Å². The Balaban J connectivity index is 2.07. The molecule has 1 heterocycles. The molecule has 15 heavy (non-hydrogen) atoms. The molecular formula is C12H13NO2. The SMILES string of the molecule is O=C1C=C[C@H](O)CN1Cc1ccccc1. The van der Waals surface area contributed by atoms with Crippen molar-refractivity contribution in [1.29, 1.82) is 0 Å². The minimum absolute atomic E-state index is 0.0378. The van der Waals surface area contributed by atoms with E-state index in [0.717, 1.165) is 5.56 Å². The number of benzene rings is 1. The zero-order chi connectivity index (χ0) is 10.7. The lowest BCUT2D eigenvalue weighted by Gasteiger charge is -2.26. The van der Waals surface area contributed by atoms with Gasteiger partial charge in [-0.1, -0.05) is 30.3 Å². The number of amides is 1. The maximum Gasteiger partial charge on any atom is 0.246 e. The van der Waals surface area contributed by atoms with Crippen molar-refractivity contribution in [3.8, 4) is 0 Å². The fourth-order valence-corrected chi connectivity index (χ4v) is 1.62. The van der Waals surface area contributed by atoms with Crippen LogP contribution in [0.1, 0.15) is 5.56 Å². The van der Waals surface area contributed by atoms with Crippen molar-refractivity contribution in [2.24, 2.45) is 0 Å². The van der Waals surface area contributed by atoms with Gasteiger partial charge in [-0.25, -0.2) is 0 Å². The third kappa shape index (κ3) is 2.44. The minimum atomic E-state index is -0.536. The number of aliphatic hydroxyl groups excluding tert-OH is 1. The molecular weight excluding hydrogens is 190 g/mol. The molecule has 1 N–H and O–H groups in total. The van der Waals surface area contributed by atoms with Gasteiger partial charge in [0.05, 0.1) is 12.6 Å². The van der Waals surface area contributed by atoms with Crippen LogP contribution in [0.5, 0.6) is 0 Å². The molecule has 0 saturated heterocycles. The predicted molar refractivity (Wildman–Crippen MR) is 57.0 cm³/mol. The first-order valence-electron chi connectivity index (χ1n) is 4.95. The molecule has 0 aromatic heterocycles. The summed E-state index contributed by atoms with van der Waals surface area (Å²) >= 11 is 0. The molecule has 3 heteroatoms. The van der Waals surface area contributed by atoms with Crippen molar-refractivity contribution < 1.29 is 9.90 Å². The Bertz CT molecular complexity index is 372. The van der Waals surface area contributed by atoms with E-state index >= 15 is 0 Å². The Morgan fingerprint density at radius 3 is 2.80 bits per heavy atom. The fraction of sp³-hybridized carbons (Fsp3) is 0.250. The standard InChI is InChI=1S/C12H13NO2/c14-11-6-7-12(15)13(9-11)8-10-4-2-1-3-5-10/h1-7,11,14H,8-9H2/t11-/m0/s1. The highest BCUT2D eigenvalue weighted by Crippen LogP contribution is 2.09. The number of nitrogens with zero attached hydrogens (tertiary/aromatic N) is 1. The van der Waals surface area contributed by atoms with E-state index in [1.807, 2.05) is 30.3 Å². The second kappa shape index (κ2) is 4.28. The van der Waals surface area contributed by atoms with E-state index in [1.165, 1.54) is 12.2 Å². The summed E-state index contributed by atoms with van der Waals surface area (Å²) in [5.74, 6) is -0.0378. The molecule has 1 aromatic rings. The topological polar surface area (TPSA) is 40.5 Å². The largest absolute Gasteiger partial charge is 0.387 e. The zero-order valence-corrected chi connectivity index (χ0v) is 8.34. The predicted octanol–water partition coefficient (Wildman–Crippen LogP) is 0.946. The molecule has 0 spiro atoms. The molecule has 0 radical (unpaired) electrons. The maximum atomic E-state index is 11.5. The third-order valence-electron chi connectivity index (χ3n) is 2.40. The first-order chi connectivity index (χ1) is 7.25. The van der Waals surface area contributed by atoms with Crippen LogP contribution >= 0.6 is 0 Å². The van der Waals surface area contributed by atoms with E-state index in [2.05, 4.69) is 0 Å². The summed E-state index contributed by atoms with van der Waals surface area (Å²) in [6, 6.07) is 9.76. The van der Waals surface area contributed by atoms with Gasteiger partial charge in [0.1, 0.15) is 0 Å². The lowest BCUT2D eigenvalue weighted by atomic mass is 10.1. The van der Waals surface area contributed by atoms with Crippen molar-refractivity contribution in [1.82, 2.24) is 4.90 Å². The van der Waals surface area contributed by atoms with Gasteiger partial charge in [-0.15, -0.1) is 0 Å². The Morgan fingerprint density at radius 2 is 2.07 bits per heavy atom. The first-order valence-corrected chi connectivity index (χ1v) is 4.95. The molecule has 1 aliphatic heterocycles. The number of carbonyl (C=O) groups excluding carboxylic acids is 1. The molecule has 2 rings (SSSR count). The summed E-state index contributed by atoms with van der Waals surface area (Å²) in [7, 11) is 0. The van der Waals surface area contributed by atoms with Gasteiger partial charge in [-0.2, -0.15) is 0 Å². The number of carbonyl (C=O) groups is 1. The fourth-order valence-electron chi connectivity index (χ4n) is 1.62. The summed E-state index contributed by atoms with van der Waals surface area (Å²) in [5, 5.41) is 9.39. The second-order valence-electron chi connectivity index (χ2n) is 3.63. The molecule has 1 aliphatic rings. The summed E-state index contributed by atoms with van der Waals surface area (Å²) < 4.78 is 0. The number of rotatable bonds is 2. The van der Waals surface area contributed by atoms with Gasteiger partial charge in [0.2, 0.25) is 5.91 Å². The van der Waals surface area contributed by atoms with E-state index in [0.29, 0.717) is 13.1 Å². The maximum absolute atomic E-state index is 11.5. The number of aliphatic hydroxyl groups is 1. The normalized spacial score (nSPS) is 20.7. The molecule has 0 fully saturated rings. The highest BCUT2D eigenvalue weighted by atomic mass is 16.3. The number of hydrogen-bond acceptors (Lipinski definition) is 2. The monoisotopic (exact) mass is 203 g/mol. The average Bonchev–Trinajstić information content (AvgIpc) is 2.25. The molecule has 0 bridgehead atoms. The molecule has 0 unspecified atom stereocenters. The van der Waals surface area contributed by atoms with Gasteiger partial charge >= 0.3 is 0 Å². The van der Waals surface area contributed by atoms with Crippen LogP contribution in [0.25, 0.3) is 0 Å². The lowest BCUT2D eigenvalue weighted by molar-refractivity contribution is -0.128. The van der Waals surface area contributed by atoms with Crippen LogP contribution in [0.4, 0.5) is 0 Å². The second-order valence-corrected chi connectivity index (χ2v) is 3.63. The van der Waals surface area contributed by atoms with Crippen LogP contribution in [-0.4, -0.2) is 28.6 Å². The van der Waals surface area contributed by atoms with Crippen LogP contribution in [0.3, 0.4) is 0 Å². The van der Waals surface area contributed by atoms with E-state index in [-0.39, 0.29) is 5.91 Å². The van der Waals surface area contributed by atoms with Gasteiger partial charge in [0, 0.05) is 12.6 Å².